The quantitative estimate of drug-likeness (QED) is 0.672. The first-order valence-electron chi connectivity index (χ1n) is 9.49. The minimum Gasteiger partial charge on any atom is -0.332 e. The second kappa shape index (κ2) is 6.77. The van der Waals surface area contributed by atoms with Gasteiger partial charge in [-0.25, -0.2) is 15.0 Å². The Morgan fingerprint density at radius 3 is 2.55 bits per heavy atom. The Morgan fingerprint density at radius 1 is 1.07 bits per heavy atom. The topological polar surface area (TPSA) is 92.9 Å². The van der Waals surface area contributed by atoms with Gasteiger partial charge in [-0.15, -0.1) is 4.80 Å². The van der Waals surface area contributed by atoms with Gasteiger partial charge in [0.1, 0.15) is 5.69 Å². The van der Waals surface area contributed by atoms with E-state index in [1.807, 2.05) is 24.8 Å². The molecule has 2 aliphatic heterocycles. The Kier molecular flexibility index (Phi) is 4.08. The Balaban J connectivity index is 1.37. The lowest BCUT2D eigenvalue weighted by molar-refractivity contribution is 0.0783. The molecule has 3 aromatic heterocycles. The van der Waals surface area contributed by atoms with Crippen molar-refractivity contribution < 1.29 is 4.79 Å². The van der Waals surface area contributed by atoms with Crippen molar-refractivity contribution in [2.75, 3.05) is 24.5 Å². The summed E-state index contributed by atoms with van der Waals surface area (Å²) in [5.41, 5.74) is 4.07. The van der Waals surface area contributed by atoms with Crippen LogP contribution in [0.2, 0.25) is 0 Å². The number of fused-ring (bicyclic) bond motifs is 1. The number of hydrogen-bond donors (Lipinski definition) is 0. The summed E-state index contributed by atoms with van der Waals surface area (Å²) in [4.78, 5) is 31.9. The summed E-state index contributed by atoms with van der Waals surface area (Å²) in [6, 6.07) is 5.54. The lowest BCUT2D eigenvalue weighted by Crippen LogP contribution is -2.33. The van der Waals surface area contributed by atoms with Gasteiger partial charge in [-0.3, -0.25) is 4.79 Å². The smallest absolute Gasteiger partial charge is 0.275 e. The number of rotatable bonds is 3. The Morgan fingerprint density at radius 2 is 1.83 bits per heavy atom. The highest BCUT2D eigenvalue weighted by Crippen LogP contribution is 2.32. The first-order chi connectivity index (χ1) is 14.1. The van der Waals surface area contributed by atoms with Gasteiger partial charge in [0.05, 0.1) is 12.4 Å². The van der Waals surface area contributed by atoms with E-state index in [-0.39, 0.29) is 11.8 Å². The van der Waals surface area contributed by atoms with Gasteiger partial charge in [0, 0.05) is 49.3 Å². The third-order valence-corrected chi connectivity index (χ3v) is 5.22. The number of carbonyl (C=O) groups excluding carboxylic acids is 1. The maximum atomic E-state index is 13.2. The van der Waals surface area contributed by atoms with Gasteiger partial charge in [0.25, 0.3) is 5.91 Å². The number of hydrogen-bond acceptors (Lipinski definition) is 7. The highest BCUT2D eigenvalue weighted by atomic mass is 16.2. The van der Waals surface area contributed by atoms with E-state index in [4.69, 9.17) is 0 Å². The van der Waals surface area contributed by atoms with E-state index in [1.165, 1.54) is 10.4 Å². The van der Waals surface area contributed by atoms with E-state index < -0.39 is 0 Å². The van der Waals surface area contributed by atoms with Crippen LogP contribution in [-0.2, 0) is 0 Å². The second-order valence-electron chi connectivity index (χ2n) is 7.38. The molecular weight excluding hydrogens is 368 g/mol. The molecule has 3 aromatic rings. The van der Waals surface area contributed by atoms with Crippen molar-refractivity contribution in [2.24, 2.45) is 5.92 Å². The third kappa shape index (κ3) is 3.14. The number of anilines is 1. The molecule has 5 heterocycles. The summed E-state index contributed by atoms with van der Waals surface area (Å²) in [5.74, 6) is 0.889. The fourth-order valence-electron chi connectivity index (χ4n) is 3.95. The number of amides is 1. The largest absolute Gasteiger partial charge is 0.332 e. The molecule has 146 valence electrons. The van der Waals surface area contributed by atoms with Crippen LogP contribution in [0.5, 0.6) is 0 Å². The maximum Gasteiger partial charge on any atom is 0.275 e. The van der Waals surface area contributed by atoms with E-state index in [9.17, 15) is 4.79 Å². The summed E-state index contributed by atoms with van der Waals surface area (Å²) in [7, 11) is 0. The molecule has 9 heteroatoms. The van der Waals surface area contributed by atoms with Gasteiger partial charge in [0.2, 0.25) is 5.95 Å². The van der Waals surface area contributed by atoms with Crippen LogP contribution in [0.3, 0.4) is 0 Å². The number of aryl methyl sites for hydroxylation is 2. The van der Waals surface area contributed by atoms with Crippen molar-refractivity contribution in [1.29, 1.82) is 0 Å². The van der Waals surface area contributed by atoms with Crippen LogP contribution in [0, 0.1) is 19.8 Å². The third-order valence-electron chi connectivity index (χ3n) is 5.22. The molecule has 9 nitrogen and oxygen atoms in total. The highest BCUT2D eigenvalue weighted by molar-refractivity contribution is 5.96. The first kappa shape index (κ1) is 17.5. The van der Waals surface area contributed by atoms with Crippen LogP contribution >= 0.6 is 0 Å². The fourth-order valence-corrected chi connectivity index (χ4v) is 3.95. The predicted molar refractivity (Wildman–Crippen MR) is 105 cm³/mol. The van der Waals surface area contributed by atoms with Crippen molar-refractivity contribution >= 4 is 11.9 Å². The molecule has 1 unspecified atom stereocenters. The van der Waals surface area contributed by atoms with Gasteiger partial charge >= 0.3 is 0 Å². The first-order valence-corrected chi connectivity index (χ1v) is 9.49. The summed E-state index contributed by atoms with van der Waals surface area (Å²) < 4.78 is 0. The van der Waals surface area contributed by atoms with E-state index in [2.05, 4.69) is 36.2 Å². The monoisotopic (exact) mass is 388 g/mol. The van der Waals surface area contributed by atoms with Crippen molar-refractivity contribution in [2.45, 2.75) is 13.8 Å². The van der Waals surface area contributed by atoms with Gasteiger partial charge in [-0.1, -0.05) is 0 Å². The van der Waals surface area contributed by atoms with Crippen molar-refractivity contribution in [3.8, 4) is 5.69 Å². The molecule has 1 amide bonds. The molecular formula is C20H20N8O. The summed E-state index contributed by atoms with van der Waals surface area (Å²) in [5, 5.41) is 8.27. The molecule has 1 atom stereocenters. The SMILES string of the molecule is Cc1cc(C)nc(N2C=C3CN(C(=O)c4ncccc4-n4nccn4)CC3C2)n1. The molecule has 0 spiro atoms. The predicted octanol–water partition coefficient (Wildman–Crippen LogP) is 1.55. The van der Waals surface area contributed by atoms with Crippen LogP contribution in [-0.4, -0.2) is 60.4 Å². The van der Waals surface area contributed by atoms with E-state index in [0.717, 1.165) is 23.9 Å². The summed E-state index contributed by atoms with van der Waals surface area (Å²) in [6.07, 6.45) is 6.86. The zero-order valence-corrected chi connectivity index (χ0v) is 16.2. The molecule has 1 fully saturated rings. The summed E-state index contributed by atoms with van der Waals surface area (Å²) >= 11 is 0. The normalized spacial score (nSPS) is 18.1. The average molecular weight is 388 g/mol. The van der Waals surface area contributed by atoms with Crippen LogP contribution in [0.25, 0.3) is 5.69 Å². The fraction of sp³-hybridized carbons (Fsp3) is 0.300. The molecule has 0 radical (unpaired) electrons. The van der Waals surface area contributed by atoms with Crippen LogP contribution in [0.4, 0.5) is 5.95 Å². The van der Waals surface area contributed by atoms with Crippen LogP contribution < -0.4 is 4.90 Å². The van der Waals surface area contributed by atoms with E-state index in [0.29, 0.717) is 24.5 Å². The number of aromatic nitrogens is 6. The Hall–Kier alpha value is -3.62. The van der Waals surface area contributed by atoms with Crippen molar-refractivity contribution in [3.05, 3.63) is 65.6 Å². The number of likely N-dealkylation sites (tertiary alicyclic amines) is 1. The van der Waals surface area contributed by atoms with Crippen LogP contribution in [0.15, 0.2) is 48.6 Å². The molecule has 2 aliphatic rings. The number of pyridine rings is 1. The zero-order valence-electron chi connectivity index (χ0n) is 16.2. The van der Waals surface area contributed by atoms with E-state index in [1.54, 1.807) is 30.7 Å². The van der Waals surface area contributed by atoms with Gasteiger partial charge in [-0.2, -0.15) is 10.2 Å². The highest BCUT2D eigenvalue weighted by Gasteiger charge is 2.37. The lowest BCUT2D eigenvalue weighted by Gasteiger charge is -2.20. The maximum absolute atomic E-state index is 13.2. The Bertz CT molecular complexity index is 1090. The minimum absolute atomic E-state index is 0.109. The van der Waals surface area contributed by atoms with Crippen LogP contribution in [0.1, 0.15) is 21.9 Å². The zero-order chi connectivity index (χ0) is 20.0. The summed E-state index contributed by atoms with van der Waals surface area (Å²) in [6.45, 7) is 5.95. The molecule has 1 saturated heterocycles. The molecule has 0 saturated carbocycles. The molecule has 0 aliphatic carbocycles. The minimum atomic E-state index is -0.109. The number of carbonyl (C=O) groups is 1. The standard InChI is InChI=1S/C20H20N8O/c1-13-8-14(2)25-20(24-13)27-11-15-9-26(10-16(15)12-27)19(29)18-17(4-3-5-21-18)28-22-6-7-23-28/h3-8,11,16H,9-10,12H2,1-2H3. The molecule has 5 rings (SSSR count). The molecule has 0 bridgehead atoms. The molecule has 29 heavy (non-hydrogen) atoms. The molecule has 0 aromatic carbocycles. The van der Waals surface area contributed by atoms with Crippen molar-refractivity contribution in [3.63, 3.8) is 0 Å². The lowest BCUT2D eigenvalue weighted by atomic mass is 10.1. The van der Waals surface area contributed by atoms with Crippen molar-refractivity contribution in [1.82, 2.24) is 34.8 Å². The van der Waals surface area contributed by atoms with E-state index >= 15 is 0 Å². The molecule has 0 N–H and O–H groups in total. The average Bonchev–Trinajstić information content (AvgIpc) is 3.43. The second-order valence-corrected chi connectivity index (χ2v) is 7.38. The van der Waals surface area contributed by atoms with Gasteiger partial charge < -0.3 is 9.80 Å². The number of nitrogens with zero attached hydrogens (tertiary/aromatic N) is 8. The van der Waals surface area contributed by atoms with Gasteiger partial charge in [-0.05, 0) is 37.6 Å². The van der Waals surface area contributed by atoms with Gasteiger partial charge in [0.15, 0.2) is 5.69 Å². The Labute approximate surface area is 167 Å².